The summed E-state index contributed by atoms with van der Waals surface area (Å²) in [4.78, 5) is 17.9. The minimum Gasteiger partial charge on any atom is -0.319 e. The molecule has 0 saturated heterocycles. The van der Waals surface area contributed by atoms with Gasteiger partial charge >= 0.3 is 0 Å². The van der Waals surface area contributed by atoms with Crippen LogP contribution in [0.15, 0.2) is 36.7 Å². The second-order valence-corrected chi connectivity index (χ2v) is 7.21. The molecule has 0 radical (unpaired) electrons. The van der Waals surface area contributed by atoms with E-state index >= 15 is 0 Å². The van der Waals surface area contributed by atoms with Gasteiger partial charge in [-0.15, -0.1) is 11.3 Å². The van der Waals surface area contributed by atoms with E-state index in [-0.39, 0.29) is 5.91 Å². The van der Waals surface area contributed by atoms with Gasteiger partial charge in [0.05, 0.1) is 22.1 Å². The number of hydrogen-bond donors (Lipinski definition) is 1. The molecule has 3 rings (SSSR count). The van der Waals surface area contributed by atoms with Crippen LogP contribution in [-0.2, 0) is 6.42 Å². The second-order valence-electron chi connectivity index (χ2n) is 5.69. The standard InChI is InChI=1S/C18H19ClN4OS/c1-3-4-6-16-21-12(2)17(25-16)18(24)22-14-11-13(19)7-8-15(14)23-10-5-9-20-23/h5,7-11H,3-4,6H2,1-2H3,(H,22,24). The van der Waals surface area contributed by atoms with E-state index in [0.717, 1.165) is 35.7 Å². The molecule has 0 aliphatic rings. The predicted octanol–water partition coefficient (Wildman–Crippen LogP) is 4.89. The smallest absolute Gasteiger partial charge is 0.267 e. The molecule has 1 N–H and O–H groups in total. The number of benzene rings is 1. The van der Waals surface area contributed by atoms with Crippen LogP contribution >= 0.6 is 22.9 Å². The van der Waals surface area contributed by atoms with Gasteiger partial charge in [-0.2, -0.15) is 5.10 Å². The Labute approximate surface area is 155 Å². The lowest BCUT2D eigenvalue weighted by Gasteiger charge is -2.11. The maximum atomic E-state index is 12.7. The topological polar surface area (TPSA) is 59.8 Å². The molecule has 0 unspecified atom stereocenters. The molecule has 0 aliphatic heterocycles. The van der Waals surface area contributed by atoms with Gasteiger partial charge in [0.2, 0.25) is 0 Å². The number of aryl methyl sites for hydroxylation is 2. The molecule has 0 bridgehead atoms. The molecule has 130 valence electrons. The van der Waals surface area contributed by atoms with Gasteiger partial charge in [0, 0.05) is 17.4 Å². The number of carbonyl (C=O) groups is 1. The SMILES string of the molecule is CCCCc1nc(C)c(C(=O)Nc2cc(Cl)ccc2-n2cccn2)s1. The molecular weight excluding hydrogens is 356 g/mol. The summed E-state index contributed by atoms with van der Waals surface area (Å²) in [7, 11) is 0. The van der Waals surface area contributed by atoms with Gasteiger partial charge < -0.3 is 5.32 Å². The highest BCUT2D eigenvalue weighted by Crippen LogP contribution is 2.26. The third-order valence-corrected chi connectivity index (χ3v) is 5.20. The summed E-state index contributed by atoms with van der Waals surface area (Å²) >= 11 is 7.57. The van der Waals surface area contributed by atoms with Crippen LogP contribution in [0.5, 0.6) is 0 Å². The third kappa shape index (κ3) is 4.08. The zero-order valence-corrected chi connectivity index (χ0v) is 15.7. The quantitative estimate of drug-likeness (QED) is 0.668. The average Bonchev–Trinajstić information content (AvgIpc) is 3.23. The molecule has 25 heavy (non-hydrogen) atoms. The first-order valence-electron chi connectivity index (χ1n) is 8.15. The third-order valence-electron chi connectivity index (χ3n) is 3.75. The Morgan fingerprint density at radius 3 is 2.96 bits per heavy atom. The van der Waals surface area contributed by atoms with Crippen LogP contribution in [0.3, 0.4) is 0 Å². The van der Waals surface area contributed by atoms with E-state index in [9.17, 15) is 4.79 Å². The normalized spacial score (nSPS) is 10.8. The van der Waals surface area contributed by atoms with Crippen LogP contribution in [-0.4, -0.2) is 20.7 Å². The Kier molecular flexibility index (Phi) is 5.50. The number of nitrogens with zero attached hydrogens (tertiary/aromatic N) is 3. The fraction of sp³-hybridized carbons (Fsp3) is 0.278. The first-order valence-corrected chi connectivity index (χ1v) is 9.35. The van der Waals surface area contributed by atoms with Crippen molar-refractivity contribution in [1.29, 1.82) is 0 Å². The van der Waals surface area contributed by atoms with E-state index in [1.165, 1.54) is 11.3 Å². The minimum atomic E-state index is -0.173. The van der Waals surface area contributed by atoms with E-state index in [1.54, 1.807) is 23.0 Å². The van der Waals surface area contributed by atoms with E-state index in [4.69, 9.17) is 11.6 Å². The lowest BCUT2D eigenvalue weighted by Crippen LogP contribution is -2.13. The van der Waals surface area contributed by atoms with Crippen LogP contribution in [0.25, 0.3) is 5.69 Å². The Balaban J connectivity index is 1.86. The molecule has 2 aromatic heterocycles. The van der Waals surface area contributed by atoms with Crippen LogP contribution in [0.1, 0.15) is 40.1 Å². The first-order chi connectivity index (χ1) is 12.1. The van der Waals surface area contributed by atoms with Crippen molar-refractivity contribution in [2.45, 2.75) is 33.1 Å². The van der Waals surface area contributed by atoms with Gasteiger partial charge in [-0.3, -0.25) is 4.79 Å². The maximum absolute atomic E-state index is 12.7. The fourth-order valence-corrected chi connectivity index (χ4v) is 3.67. The number of amides is 1. The Bertz CT molecular complexity index is 873. The van der Waals surface area contributed by atoms with Crippen LogP contribution in [0.2, 0.25) is 5.02 Å². The summed E-state index contributed by atoms with van der Waals surface area (Å²) in [6.07, 6.45) is 6.60. The summed E-state index contributed by atoms with van der Waals surface area (Å²) in [6.45, 7) is 4.01. The van der Waals surface area contributed by atoms with Crippen molar-refractivity contribution in [2.75, 3.05) is 5.32 Å². The van der Waals surface area contributed by atoms with E-state index < -0.39 is 0 Å². The molecule has 0 aliphatic carbocycles. The Morgan fingerprint density at radius 1 is 1.40 bits per heavy atom. The summed E-state index contributed by atoms with van der Waals surface area (Å²) in [5, 5.41) is 8.73. The molecule has 0 spiro atoms. The number of aromatic nitrogens is 3. The highest BCUT2D eigenvalue weighted by Gasteiger charge is 2.17. The molecule has 1 amide bonds. The molecule has 0 fully saturated rings. The maximum Gasteiger partial charge on any atom is 0.267 e. The molecule has 0 atom stereocenters. The summed E-state index contributed by atoms with van der Waals surface area (Å²) in [5.74, 6) is -0.173. The van der Waals surface area contributed by atoms with Crippen molar-refractivity contribution < 1.29 is 4.79 Å². The number of nitrogens with one attached hydrogen (secondary N) is 1. The van der Waals surface area contributed by atoms with Crippen molar-refractivity contribution in [3.05, 3.63) is 57.3 Å². The number of halogens is 1. The number of anilines is 1. The van der Waals surface area contributed by atoms with Crippen LogP contribution in [0, 0.1) is 6.92 Å². The molecular formula is C18H19ClN4OS. The number of rotatable bonds is 6. The van der Waals surface area contributed by atoms with Gasteiger partial charge in [0.25, 0.3) is 5.91 Å². The molecule has 1 aromatic carbocycles. The molecule has 2 heterocycles. The summed E-state index contributed by atoms with van der Waals surface area (Å²) < 4.78 is 1.69. The van der Waals surface area contributed by atoms with Gasteiger partial charge in [-0.25, -0.2) is 9.67 Å². The zero-order chi connectivity index (χ0) is 17.8. The lowest BCUT2D eigenvalue weighted by molar-refractivity contribution is 0.103. The van der Waals surface area contributed by atoms with Crippen LogP contribution < -0.4 is 5.32 Å². The minimum absolute atomic E-state index is 0.173. The van der Waals surface area contributed by atoms with E-state index in [2.05, 4.69) is 22.3 Å². The van der Waals surface area contributed by atoms with Gasteiger partial charge in [0.15, 0.2) is 0 Å². The molecule has 5 nitrogen and oxygen atoms in total. The highest BCUT2D eigenvalue weighted by atomic mass is 35.5. The highest BCUT2D eigenvalue weighted by molar-refractivity contribution is 7.13. The molecule has 3 aromatic rings. The van der Waals surface area contributed by atoms with Crippen molar-refractivity contribution in [3.63, 3.8) is 0 Å². The second kappa shape index (κ2) is 7.80. The van der Waals surface area contributed by atoms with Gasteiger partial charge in [0.1, 0.15) is 4.88 Å². The van der Waals surface area contributed by atoms with E-state index in [0.29, 0.717) is 15.6 Å². The molecule has 7 heteroatoms. The summed E-state index contributed by atoms with van der Waals surface area (Å²) in [5.41, 5.74) is 2.14. The van der Waals surface area contributed by atoms with Gasteiger partial charge in [-0.1, -0.05) is 24.9 Å². The van der Waals surface area contributed by atoms with Crippen molar-refractivity contribution in [1.82, 2.24) is 14.8 Å². The number of hydrogen-bond acceptors (Lipinski definition) is 4. The van der Waals surface area contributed by atoms with Crippen molar-refractivity contribution in [3.8, 4) is 5.69 Å². The number of thiazole rings is 1. The van der Waals surface area contributed by atoms with Crippen molar-refractivity contribution in [2.24, 2.45) is 0 Å². The van der Waals surface area contributed by atoms with Gasteiger partial charge in [-0.05, 0) is 44.0 Å². The lowest BCUT2D eigenvalue weighted by atomic mass is 10.2. The number of carbonyl (C=O) groups excluding carboxylic acids is 1. The van der Waals surface area contributed by atoms with Crippen molar-refractivity contribution >= 4 is 34.5 Å². The largest absolute Gasteiger partial charge is 0.319 e. The Hall–Kier alpha value is -2.18. The monoisotopic (exact) mass is 374 g/mol. The predicted molar refractivity (Wildman–Crippen MR) is 102 cm³/mol. The zero-order valence-electron chi connectivity index (χ0n) is 14.1. The number of unbranched alkanes of at least 4 members (excludes halogenated alkanes) is 1. The Morgan fingerprint density at radius 2 is 2.24 bits per heavy atom. The first kappa shape index (κ1) is 17.6. The van der Waals surface area contributed by atoms with Crippen LogP contribution in [0.4, 0.5) is 5.69 Å². The van der Waals surface area contributed by atoms with E-state index in [1.807, 2.05) is 25.3 Å². The molecule has 0 saturated carbocycles. The summed E-state index contributed by atoms with van der Waals surface area (Å²) in [6, 6.07) is 7.16. The fourth-order valence-electron chi connectivity index (χ4n) is 2.50. The average molecular weight is 375 g/mol.